The summed E-state index contributed by atoms with van der Waals surface area (Å²) in [6.45, 7) is 13.1. The molecular formula is C20H34N4O2. The summed E-state index contributed by atoms with van der Waals surface area (Å²) >= 11 is 0. The summed E-state index contributed by atoms with van der Waals surface area (Å²) in [5.74, 6) is 0.314. The number of nitrogens with one attached hydrogen (secondary N) is 2. The van der Waals surface area contributed by atoms with Crippen LogP contribution in [0.4, 0.5) is 0 Å². The van der Waals surface area contributed by atoms with E-state index >= 15 is 0 Å². The van der Waals surface area contributed by atoms with Gasteiger partial charge in [0.15, 0.2) is 0 Å². The molecule has 0 saturated heterocycles. The summed E-state index contributed by atoms with van der Waals surface area (Å²) in [6.07, 6.45) is 0.914. The van der Waals surface area contributed by atoms with Crippen molar-refractivity contribution in [1.29, 1.82) is 0 Å². The lowest BCUT2D eigenvalue weighted by molar-refractivity contribution is 0.303. The van der Waals surface area contributed by atoms with Gasteiger partial charge in [-0.05, 0) is 59.4 Å². The van der Waals surface area contributed by atoms with Crippen LogP contribution in [0.1, 0.15) is 47.1 Å². The fraction of sp³-hybridized carbons (Fsp3) is 0.600. The lowest BCUT2D eigenvalue weighted by Crippen LogP contribution is -2.52. The van der Waals surface area contributed by atoms with Crippen molar-refractivity contribution in [2.75, 3.05) is 13.1 Å². The first-order valence-corrected chi connectivity index (χ1v) is 9.04. The Kier molecular flexibility index (Phi) is 8.24. The molecule has 0 unspecified atom stereocenters. The van der Waals surface area contributed by atoms with Crippen LogP contribution < -0.4 is 10.6 Å². The first kappa shape index (κ1) is 22.1. The number of hydrogen-bond acceptors (Lipinski definition) is 6. The predicted molar refractivity (Wildman–Crippen MR) is 108 cm³/mol. The van der Waals surface area contributed by atoms with E-state index in [4.69, 9.17) is 10.4 Å². The monoisotopic (exact) mass is 362 g/mol. The lowest BCUT2D eigenvalue weighted by atomic mass is 9.93. The van der Waals surface area contributed by atoms with Gasteiger partial charge in [0, 0.05) is 13.1 Å². The number of nitrogens with zero attached hydrogens (tertiary/aromatic N) is 2. The highest BCUT2D eigenvalue weighted by Gasteiger charge is 2.26. The minimum absolute atomic E-state index is 0.314. The molecule has 4 N–H and O–H groups in total. The van der Waals surface area contributed by atoms with E-state index in [1.807, 2.05) is 59.7 Å². The van der Waals surface area contributed by atoms with Gasteiger partial charge in [-0.2, -0.15) is 0 Å². The van der Waals surface area contributed by atoms with Gasteiger partial charge in [-0.3, -0.25) is 0 Å². The van der Waals surface area contributed by atoms with Crippen LogP contribution in [-0.2, 0) is 6.42 Å². The highest BCUT2D eigenvalue weighted by atomic mass is 16.4. The molecule has 0 atom stereocenters. The summed E-state index contributed by atoms with van der Waals surface area (Å²) in [5.41, 5.74) is 1.79. The molecule has 1 aromatic carbocycles. The van der Waals surface area contributed by atoms with E-state index in [0.29, 0.717) is 17.3 Å². The second-order valence-electron chi connectivity index (χ2n) is 7.94. The van der Waals surface area contributed by atoms with Crippen LogP contribution in [0.25, 0.3) is 0 Å². The van der Waals surface area contributed by atoms with Crippen molar-refractivity contribution in [3.63, 3.8) is 0 Å². The molecule has 1 aromatic rings. The summed E-state index contributed by atoms with van der Waals surface area (Å²) in [6, 6.07) is 10.4. The Balaban J connectivity index is 2.82. The molecule has 0 heterocycles. The molecule has 0 aliphatic rings. The number of hydrogen-bond donors (Lipinski definition) is 4. The molecule has 0 bridgehead atoms. The maximum atomic E-state index is 9.07. The van der Waals surface area contributed by atoms with Gasteiger partial charge in [-0.15, -0.1) is 0 Å². The molecule has 1 rings (SSSR count). The first-order valence-electron chi connectivity index (χ1n) is 9.04. The predicted octanol–water partition coefficient (Wildman–Crippen LogP) is 3.28. The van der Waals surface area contributed by atoms with Crippen molar-refractivity contribution >= 4 is 11.4 Å². The van der Waals surface area contributed by atoms with E-state index in [0.717, 1.165) is 19.5 Å². The highest BCUT2D eigenvalue weighted by Crippen LogP contribution is 2.13. The van der Waals surface area contributed by atoms with Crippen molar-refractivity contribution in [2.45, 2.75) is 59.0 Å². The molecule has 0 aromatic heterocycles. The van der Waals surface area contributed by atoms with Crippen LogP contribution >= 0.6 is 0 Å². The smallest absolute Gasteiger partial charge is 0.0734 e. The summed E-state index contributed by atoms with van der Waals surface area (Å²) in [7, 11) is 0. The summed E-state index contributed by atoms with van der Waals surface area (Å²) in [5, 5.41) is 31.8. The maximum Gasteiger partial charge on any atom is 0.0734 e. The van der Waals surface area contributed by atoms with Crippen molar-refractivity contribution in [1.82, 2.24) is 10.6 Å². The van der Waals surface area contributed by atoms with Gasteiger partial charge in [0.05, 0.1) is 22.5 Å². The van der Waals surface area contributed by atoms with E-state index in [9.17, 15) is 0 Å². The Morgan fingerprint density at radius 1 is 0.885 bits per heavy atom. The van der Waals surface area contributed by atoms with Crippen LogP contribution in [0, 0.1) is 5.92 Å². The van der Waals surface area contributed by atoms with Crippen LogP contribution in [0.3, 0.4) is 0 Å². The van der Waals surface area contributed by atoms with Gasteiger partial charge in [0.2, 0.25) is 0 Å². The number of benzene rings is 1. The summed E-state index contributed by atoms with van der Waals surface area (Å²) < 4.78 is 0. The zero-order valence-corrected chi connectivity index (χ0v) is 16.9. The Bertz CT molecular complexity index is 575. The van der Waals surface area contributed by atoms with E-state index in [1.54, 1.807) is 0 Å². The van der Waals surface area contributed by atoms with Crippen LogP contribution in [0.5, 0.6) is 0 Å². The Morgan fingerprint density at radius 2 is 1.31 bits per heavy atom. The molecular weight excluding hydrogens is 328 g/mol. The molecule has 0 radical (unpaired) electrons. The Morgan fingerprint density at radius 3 is 1.69 bits per heavy atom. The van der Waals surface area contributed by atoms with Crippen molar-refractivity contribution in [3.05, 3.63) is 35.9 Å². The quantitative estimate of drug-likeness (QED) is 0.292. The number of oxime groups is 2. The third-order valence-corrected chi connectivity index (χ3v) is 5.14. The first-order chi connectivity index (χ1) is 12.1. The minimum Gasteiger partial charge on any atom is -0.411 e. The second kappa shape index (κ2) is 9.69. The van der Waals surface area contributed by atoms with Crippen LogP contribution in [0.15, 0.2) is 40.6 Å². The molecule has 6 nitrogen and oxygen atoms in total. The zero-order valence-electron chi connectivity index (χ0n) is 16.9. The summed E-state index contributed by atoms with van der Waals surface area (Å²) in [4.78, 5) is 0. The minimum atomic E-state index is -0.387. The van der Waals surface area contributed by atoms with Crippen molar-refractivity contribution in [2.24, 2.45) is 16.2 Å². The van der Waals surface area contributed by atoms with Crippen molar-refractivity contribution in [3.8, 4) is 0 Å². The third kappa shape index (κ3) is 6.77. The van der Waals surface area contributed by atoms with E-state index < -0.39 is 0 Å². The normalized spacial score (nSPS) is 15.2. The largest absolute Gasteiger partial charge is 0.411 e. The van der Waals surface area contributed by atoms with Gasteiger partial charge in [0.1, 0.15) is 0 Å². The molecule has 6 heteroatoms. The van der Waals surface area contributed by atoms with E-state index in [2.05, 4.69) is 33.1 Å². The second-order valence-corrected chi connectivity index (χ2v) is 7.94. The van der Waals surface area contributed by atoms with Crippen LogP contribution in [-0.4, -0.2) is 46.0 Å². The maximum absolute atomic E-state index is 9.07. The Hall–Kier alpha value is -1.92. The SMILES string of the molecule is C/C(=N\O)C(C)(C)NCC(CNC(C)(C)/C(C)=N/O)Cc1ccccc1. The third-order valence-electron chi connectivity index (χ3n) is 5.14. The average Bonchev–Trinajstić information content (AvgIpc) is 2.63. The van der Waals surface area contributed by atoms with Gasteiger partial charge >= 0.3 is 0 Å². The Labute approximate surface area is 157 Å². The fourth-order valence-electron chi connectivity index (χ4n) is 2.47. The van der Waals surface area contributed by atoms with E-state index in [1.165, 1.54) is 5.56 Å². The fourth-order valence-corrected chi connectivity index (χ4v) is 2.47. The molecule has 26 heavy (non-hydrogen) atoms. The molecule has 0 saturated carbocycles. The standard InChI is InChI=1S/C20H34N4O2/c1-15(23-25)19(3,4)21-13-18(12-17-10-8-7-9-11-17)14-22-20(5,6)16(2)24-26/h7-11,18,21-22,25-26H,12-14H2,1-6H3/b23-15+,24-16+. The van der Waals surface area contributed by atoms with Gasteiger partial charge in [-0.25, -0.2) is 0 Å². The average molecular weight is 363 g/mol. The molecule has 0 aliphatic carbocycles. The topological polar surface area (TPSA) is 89.2 Å². The van der Waals surface area contributed by atoms with Gasteiger partial charge < -0.3 is 21.0 Å². The van der Waals surface area contributed by atoms with Gasteiger partial charge in [0.25, 0.3) is 0 Å². The zero-order chi connectivity index (χ0) is 19.8. The van der Waals surface area contributed by atoms with Gasteiger partial charge in [-0.1, -0.05) is 40.6 Å². The van der Waals surface area contributed by atoms with Crippen LogP contribution in [0.2, 0.25) is 0 Å². The van der Waals surface area contributed by atoms with Crippen molar-refractivity contribution < 1.29 is 10.4 Å². The molecule has 0 aliphatic heterocycles. The van der Waals surface area contributed by atoms with E-state index in [-0.39, 0.29) is 11.1 Å². The molecule has 0 amide bonds. The molecule has 146 valence electrons. The molecule has 0 fully saturated rings. The molecule has 0 spiro atoms. The lowest BCUT2D eigenvalue weighted by Gasteiger charge is -2.31. The number of rotatable bonds is 10. The highest BCUT2D eigenvalue weighted by molar-refractivity contribution is 5.90.